The molecule has 1 saturated heterocycles. The SMILES string of the molecule is Cc1csc(NC(=O)N2CCCC2CC(=O)O)n1. The Morgan fingerprint density at radius 2 is 2.44 bits per heavy atom. The van der Waals surface area contributed by atoms with Gasteiger partial charge >= 0.3 is 12.0 Å². The molecule has 0 radical (unpaired) electrons. The molecule has 18 heavy (non-hydrogen) atoms. The second kappa shape index (κ2) is 5.34. The number of carbonyl (C=O) groups is 2. The third kappa shape index (κ3) is 2.98. The Morgan fingerprint density at radius 3 is 3.06 bits per heavy atom. The lowest BCUT2D eigenvalue weighted by Crippen LogP contribution is -2.39. The summed E-state index contributed by atoms with van der Waals surface area (Å²) in [4.78, 5) is 28.5. The van der Waals surface area contributed by atoms with Crippen LogP contribution in [0.5, 0.6) is 0 Å². The van der Waals surface area contributed by atoms with Gasteiger partial charge in [-0.15, -0.1) is 11.3 Å². The molecule has 7 heteroatoms. The first kappa shape index (κ1) is 12.8. The summed E-state index contributed by atoms with van der Waals surface area (Å²) in [5.41, 5.74) is 0.860. The maximum atomic E-state index is 12.0. The molecule has 1 fully saturated rings. The number of urea groups is 1. The summed E-state index contributed by atoms with van der Waals surface area (Å²) in [7, 11) is 0. The number of nitrogens with one attached hydrogen (secondary N) is 1. The minimum absolute atomic E-state index is 0.00428. The summed E-state index contributed by atoms with van der Waals surface area (Å²) in [6, 6.07) is -0.461. The molecule has 0 aromatic carbocycles. The number of carbonyl (C=O) groups excluding carboxylic acids is 1. The maximum absolute atomic E-state index is 12.0. The second-order valence-corrected chi connectivity index (χ2v) is 5.17. The average molecular weight is 269 g/mol. The van der Waals surface area contributed by atoms with E-state index in [1.165, 1.54) is 11.3 Å². The first-order chi connectivity index (χ1) is 8.56. The normalized spacial score (nSPS) is 18.9. The lowest BCUT2D eigenvalue weighted by molar-refractivity contribution is -0.137. The summed E-state index contributed by atoms with van der Waals surface area (Å²) in [5.74, 6) is -0.871. The van der Waals surface area contributed by atoms with Crippen LogP contribution in [0.4, 0.5) is 9.93 Å². The molecule has 2 heterocycles. The van der Waals surface area contributed by atoms with Crippen molar-refractivity contribution in [1.29, 1.82) is 0 Å². The molecule has 0 saturated carbocycles. The van der Waals surface area contributed by atoms with Crippen LogP contribution in [0, 0.1) is 6.92 Å². The van der Waals surface area contributed by atoms with Gasteiger partial charge in [-0.05, 0) is 19.8 Å². The van der Waals surface area contributed by atoms with E-state index in [2.05, 4.69) is 10.3 Å². The minimum atomic E-state index is -0.871. The van der Waals surface area contributed by atoms with Gasteiger partial charge < -0.3 is 10.0 Å². The van der Waals surface area contributed by atoms with Gasteiger partial charge in [0.15, 0.2) is 5.13 Å². The Bertz CT molecular complexity index is 460. The predicted molar refractivity (Wildman–Crippen MR) is 67.9 cm³/mol. The molecule has 6 nitrogen and oxygen atoms in total. The van der Waals surface area contributed by atoms with Gasteiger partial charge in [0.05, 0.1) is 12.1 Å². The van der Waals surface area contributed by atoms with E-state index < -0.39 is 5.97 Å². The number of thiazole rings is 1. The standard InChI is InChI=1S/C11H15N3O3S/c1-7-6-18-10(12-7)13-11(17)14-4-2-3-8(14)5-9(15)16/h6,8H,2-5H2,1H3,(H,15,16)(H,12,13,17). The summed E-state index contributed by atoms with van der Waals surface area (Å²) < 4.78 is 0. The average Bonchev–Trinajstić information content (AvgIpc) is 2.87. The molecule has 1 aromatic heterocycles. The van der Waals surface area contributed by atoms with Crippen molar-refractivity contribution in [1.82, 2.24) is 9.88 Å². The third-order valence-electron chi connectivity index (χ3n) is 2.88. The van der Waals surface area contributed by atoms with Crippen LogP contribution in [-0.4, -0.2) is 39.6 Å². The molecule has 0 spiro atoms. The fourth-order valence-corrected chi connectivity index (χ4v) is 2.77. The predicted octanol–water partition coefficient (Wildman–Crippen LogP) is 1.92. The van der Waals surface area contributed by atoms with Crippen LogP contribution in [0.1, 0.15) is 25.0 Å². The van der Waals surface area contributed by atoms with E-state index in [9.17, 15) is 9.59 Å². The van der Waals surface area contributed by atoms with Gasteiger partial charge in [-0.2, -0.15) is 0 Å². The van der Waals surface area contributed by atoms with E-state index in [1.807, 2.05) is 12.3 Å². The molecular formula is C11H15N3O3S. The number of carboxylic acids is 1. The number of hydrogen-bond acceptors (Lipinski definition) is 4. The molecule has 1 unspecified atom stereocenters. The highest BCUT2D eigenvalue weighted by Gasteiger charge is 2.30. The zero-order valence-electron chi connectivity index (χ0n) is 10.0. The molecule has 98 valence electrons. The Labute approximate surface area is 109 Å². The molecule has 1 aliphatic rings. The van der Waals surface area contributed by atoms with Crippen molar-refractivity contribution >= 4 is 28.5 Å². The molecule has 1 aliphatic heterocycles. The molecule has 2 amide bonds. The Hall–Kier alpha value is -1.63. The van der Waals surface area contributed by atoms with E-state index in [0.717, 1.165) is 18.5 Å². The van der Waals surface area contributed by atoms with Gasteiger partial charge in [-0.3, -0.25) is 10.1 Å². The van der Waals surface area contributed by atoms with Gasteiger partial charge in [0.1, 0.15) is 0 Å². The minimum Gasteiger partial charge on any atom is -0.481 e. The molecule has 2 rings (SSSR count). The fraction of sp³-hybridized carbons (Fsp3) is 0.545. The number of aliphatic carboxylic acids is 1. The molecule has 0 bridgehead atoms. The molecule has 1 atom stereocenters. The number of aryl methyl sites for hydroxylation is 1. The van der Waals surface area contributed by atoms with E-state index in [-0.39, 0.29) is 18.5 Å². The van der Waals surface area contributed by atoms with Crippen molar-refractivity contribution in [3.8, 4) is 0 Å². The molecule has 2 N–H and O–H groups in total. The zero-order valence-corrected chi connectivity index (χ0v) is 10.9. The monoisotopic (exact) mass is 269 g/mol. The number of aromatic nitrogens is 1. The van der Waals surface area contributed by atoms with E-state index in [4.69, 9.17) is 5.11 Å². The quantitative estimate of drug-likeness (QED) is 0.878. The van der Waals surface area contributed by atoms with Crippen LogP contribution in [0.25, 0.3) is 0 Å². The van der Waals surface area contributed by atoms with E-state index in [1.54, 1.807) is 4.90 Å². The Kier molecular flexibility index (Phi) is 3.81. The lowest BCUT2D eigenvalue weighted by atomic mass is 10.1. The lowest BCUT2D eigenvalue weighted by Gasteiger charge is -2.23. The number of nitrogens with zero attached hydrogens (tertiary/aromatic N) is 2. The summed E-state index contributed by atoms with van der Waals surface area (Å²) in [6.07, 6.45) is 1.60. The van der Waals surface area contributed by atoms with Gasteiger partial charge in [0.2, 0.25) is 0 Å². The second-order valence-electron chi connectivity index (χ2n) is 4.31. The number of anilines is 1. The smallest absolute Gasteiger partial charge is 0.323 e. The fourth-order valence-electron chi connectivity index (χ4n) is 2.09. The van der Waals surface area contributed by atoms with Crippen molar-refractivity contribution < 1.29 is 14.7 Å². The van der Waals surface area contributed by atoms with Crippen molar-refractivity contribution in [3.63, 3.8) is 0 Å². The Balaban J connectivity index is 1.97. The van der Waals surface area contributed by atoms with Crippen LogP contribution in [0.2, 0.25) is 0 Å². The summed E-state index contributed by atoms with van der Waals surface area (Å²) in [6.45, 7) is 2.46. The van der Waals surface area contributed by atoms with Gasteiger partial charge in [0.25, 0.3) is 0 Å². The number of rotatable bonds is 3. The molecule has 0 aliphatic carbocycles. The van der Waals surface area contributed by atoms with Crippen LogP contribution < -0.4 is 5.32 Å². The van der Waals surface area contributed by atoms with Crippen molar-refractivity contribution in [2.75, 3.05) is 11.9 Å². The van der Waals surface area contributed by atoms with Gasteiger partial charge in [0, 0.05) is 18.0 Å². The topological polar surface area (TPSA) is 82.5 Å². The van der Waals surface area contributed by atoms with Crippen molar-refractivity contribution in [2.45, 2.75) is 32.2 Å². The first-order valence-electron chi connectivity index (χ1n) is 5.78. The molecule has 1 aromatic rings. The summed E-state index contributed by atoms with van der Waals surface area (Å²) in [5, 5.41) is 13.9. The van der Waals surface area contributed by atoms with Crippen LogP contribution in [0.3, 0.4) is 0 Å². The molecular weight excluding hydrogens is 254 g/mol. The van der Waals surface area contributed by atoms with Crippen LogP contribution >= 0.6 is 11.3 Å². The zero-order chi connectivity index (χ0) is 13.1. The number of carboxylic acid groups (broad SMARTS) is 1. The largest absolute Gasteiger partial charge is 0.481 e. The number of hydrogen-bond donors (Lipinski definition) is 2. The maximum Gasteiger partial charge on any atom is 0.323 e. The highest BCUT2D eigenvalue weighted by molar-refractivity contribution is 7.13. The van der Waals surface area contributed by atoms with Gasteiger partial charge in [-0.1, -0.05) is 0 Å². The van der Waals surface area contributed by atoms with E-state index >= 15 is 0 Å². The highest BCUT2D eigenvalue weighted by Crippen LogP contribution is 2.22. The van der Waals surface area contributed by atoms with E-state index in [0.29, 0.717) is 11.7 Å². The van der Waals surface area contributed by atoms with Crippen LogP contribution in [0.15, 0.2) is 5.38 Å². The van der Waals surface area contributed by atoms with Crippen molar-refractivity contribution in [3.05, 3.63) is 11.1 Å². The number of likely N-dealkylation sites (tertiary alicyclic amines) is 1. The summed E-state index contributed by atoms with van der Waals surface area (Å²) >= 11 is 1.37. The van der Waals surface area contributed by atoms with Crippen LogP contribution in [-0.2, 0) is 4.79 Å². The van der Waals surface area contributed by atoms with Gasteiger partial charge in [-0.25, -0.2) is 9.78 Å². The number of amides is 2. The highest BCUT2D eigenvalue weighted by atomic mass is 32.1. The first-order valence-corrected chi connectivity index (χ1v) is 6.66. The third-order valence-corrected chi connectivity index (χ3v) is 3.76. The Morgan fingerprint density at radius 1 is 1.67 bits per heavy atom. The van der Waals surface area contributed by atoms with Crippen molar-refractivity contribution in [2.24, 2.45) is 0 Å².